The van der Waals surface area contributed by atoms with Crippen LogP contribution in [0.5, 0.6) is 0 Å². The average molecular weight is 587 g/mol. The van der Waals surface area contributed by atoms with E-state index < -0.39 is 0 Å². The topological polar surface area (TPSA) is 61.8 Å². The molecular formula is C39H38O5. The molecule has 44 heavy (non-hydrogen) atoms. The van der Waals surface area contributed by atoms with Crippen molar-refractivity contribution in [3.63, 3.8) is 0 Å². The van der Waals surface area contributed by atoms with Gasteiger partial charge < -0.3 is 14.2 Å². The quantitative estimate of drug-likeness (QED) is 0.179. The standard InChI is InChI=1S/C39H38O5/c1-42-35(40)19-21-38(31-15-7-3-11-27(31)28-12-4-8-16-32(28)38)23-37(25-44-26-37)24-39(22-20-36(41)43-2)33-17-9-5-13-29(33)30-14-6-10-18-34(30)39/h3-18H,19-26H2,1-2H3. The second-order valence-electron chi connectivity index (χ2n) is 12.8. The van der Waals surface area contributed by atoms with Crippen molar-refractivity contribution < 1.29 is 23.8 Å². The van der Waals surface area contributed by atoms with Gasteiger partial charge in [0.15, 0.2) is 0 Å². The summed E-state index contributed by atoms with van der Waals surface area (Å²) >= 11 is 0. The van der Waals surface area contributed by atoms with Crippen LogP contribution in [-0.2, 0) is 34.6 Å². The minimum Gasteiger partial charge on any atom is -0.469 e. The summed E-state index contributed by atoms with van der Waals surface area (Å²) in [6.45, 7) is 1.25. The zero-order valence-electron chi connectivity index (χ0n) is 25.4. The molecule has 0 saturated carbocycles. The highest BCUT2D eigenvalue weighted by atomic mass is 16.5. The van der Waals surface area contributed by atoms with Gasteiger partial charge in [-0.1, -0.05) is 97.1 Å². The third-order valence-electron chi connectivity index (χ3n) is 10.5. The van der Waals surface area contributed by atoms with Crippen LogP contribution in [0.3, 0.4) is 0 Å². The van der Waals surface area contributed by atoms with Crippen LogP contribution < -0.4 is 0 Å². The second-order valence-corrected chi connectivity index (χ2v) is 12.8. The molecule has 4 aromatic rings. The first kappa shape index (κ1) is 28.5. The van der Waals surface area contributed by atoms with Crippen LogP contribution in [0.25, 0.3) is 22.3 Å². The molecule has 0 amide bonds. The number of esters is 2. The lowest BCUT2D eigenvalue weighted by atomic mass is 9.57. The fourth-order valence-electron chi connectivity index (χ4n) is 8.70. The van der Waals surface area contributed by atoms with Crippen molar-refractivity contribution in [2.45, 2.75) is 49.4 Å². The molecule has 0 unspecified atom stereocenters. The first-order chi connectivity index (χ1) is 21.5. The van der Waals surface area contributed by atoms with Gasteiger partial charge in [0.25, 0.3) is 0 Å². The summed E-state index contributed by atoms with van der Waals surface area (Å²) in [5.41, 5.74) is 9.07. The first-order valence-corrected chi connectivity index (χ1v) is 15.6. The van der Waals surface area contributed by atoms with E-state index in [1.807, 2.05) is 0 Å². The summed E-state index contributed by atoms with van der Waals surface area (Å²) in [6, 6.07) is 34.7. The maximum atomic E-state index is 12.7. The van der Waals surface area contributed by atoms with Crippen LogP contribution in [0.1, 0.15) is 60.8 Å². The largest absolute Gasteiger partial charge is 0.469 e. The maximum Gasteiger partial charge on any atom is 0.305 e. The Morgan fingerprint density at radius 3 is 1.16 bits per heavy atom. The van der Waals surface area contributed by atoms with E-state index in [0.29, 0.717) is 38.9 Å². The van der Waals surface area contributed by atoms with Gasteiger partial charge in [0.1, 0.15) is 0 Å². The molecule has 0 atom stereocenters. The lowest BCUT2D eigenvalue weighted by Crippen LogP contribution is -2.51. The Morgan fingerprint density at radius 2 is 0.886 bits per heavy atom. The van der Waals surface area contributed by atoms with E-state index in [9.17, 15) is 9.59 Å². The van der Waals surface area contributed by atoms with Gasteiger partial charge in [0.05, 0.1) is 27.4 Å². The number of hydrogen-bond acceptors (Lipinski definition) is 5. The molecule has 5 nitrogen and oxygen atoms in total. The summed E-state index contributed by atoms with van der Waals surface area (Å²) in [5.74, 6) is -0.392. The van der Waals surface area contributed by atoms with Crippen molar-refractivity contribution in [1.29, 1.82) is 0 Å². The Hall–Kier alpha value is -4.22. The van der Waals surface area contributed by atoms with Gasteiger partial charge >= 0.3 is 11.9 Å². The third-order valence-corrected chi connectivity index (χ3v) is 10.5. The Bertz CT molecular complexity index is 1520. The summed E-state index contributed by atoms with van der Waals surface area (Å²) in [6.07, 6.45) is 3.62. The zero-order valence-corrected chi connectivity index (χ0v) is 25.4. The molecule has 2 aliphatic carbocycles. The molecule has 1 aliphatic heterocycles. The van der Waals surface area contributed by atoms with Gasteiger partial charge in [-0.2, -0.15) is 0 Å². The molecule has 0 spiro atoms. The van der Waals surface area contributed by atoms with Gasteiger partial charge in [0, 0.05) is 29.1 Å². The Balaban J connectivity index is 1.37. The van der Waals surface area contributed by atoms with Gasteiger partial charge in [-0.3, -0.25) is 9.59 Å². The predicted octanol–water partition coefficient (Wildman–Crippen LogP) is 7.62. The van der Waals surface area contributed by atoms with Crippen LogP contribution >= 0.6 is 0 Å². The van der Waals surface area contributed by atoms with E-state index in [1.165, 1.54) is 58.7 Å². The highest BCUT2D eigenvalue weighted by Crippen LogP contribution is 2.62. The lowest BCUT2D eigenvalue weighted by molar-refractivity contribution is -0.145. The van der Waals surface area contributed by atoms with E-state index in [-0.39, 0.29) is 28.2 Å². The van der Waals surface area contributed by atoms with Crippen molar-refractivity contribution >= 4 is 11.9 Å². The average Bonchev–Trinajstić information content (AvgIpc) is 3.49. The van der Waals surface area contributed by atoms with Crippen molar-refractivity contribution in [3.8, 4) is 22.3 Å². The van der Waals surface area contributed by atoms with E-state index in [1.54, 1.807) is 0 Å². The number of fused-ring (bicyclic) bond motifs is 6. The molecule has 1 heterocycles. The molecule has 5 heteroatoms. The fraction of sp³-hybridized carbons (Fsp3) is 0.333. The van der Waals surface area contributed by atoms with Gasteiger partial charge in [-0.25, -0.2) is 0 Å². The van der Waals surface area contributed by atoms with Crippen LogP contribution in [0.15, 0.2) is 97.1 Å². The monoisotopic (exact) mass is 586 g/mol. The lowest BCUT2D eigenvalue weighted by Gasteiger charge is -2.52. The highest BCUT2D eigenvalue weighted by Gasteiger charge is 2.56. The molecule has 7 rings (SSSR count). The molecule has 0 N–H and O–H groups in total. The Morgan fingerprint density at radius 1 is 0.568 bits per heavy atom. The summed E-state index contributed by atoms with van der Waals surface area (Å²) < 4.78 is 16.4. The molecule has 1 fully saturated rings. The Labute approximate surface area is 259 Å². The van der Waals surface area contributed by atoms with Crippen LogP contribution in [0.2, 0.25) is 0 Å². The van der Waals surface area contributed by atoms with Crippen LogP contribution in [-0.4, -0.2) is 39.4 Å². The van der Waals surface area contributed by atoms with Crippen LogP contribution in [0.4, 0.5) is 0 Å². The van der Waals surface area contributed by atoms with E-state index in [2.05, 4.69) is 97.1 Å². The van der Waals surface area contributed by atoms with Crippen molar-refractivity contribution in [2.75, 3.05) is 27.4 Å². The maximum absolute atomic E-state index is 12.7. The van der Waals surface area contributed by atoms with E-state index in [0.717, 1.165) is 12.8 Å². The number of carbonyl (C=O) groups excluding carboxylic acids is 2. The molecule has 0 aromatic heterocycles. The van der Waals surface area contributed by atoms with Crippen molar-refractivity contribution in [3.05, 3.63) is 119 Å². The summed E-state index contributed by atoms with van der Waals surface area (Å²) in [5, 5.41) is 0. The normalized spacial score (nSPS) is 17.4. The number of methoxy groups -OCH3 is 2. The molecule has 1 saturated heterocycles. The smallest absolute Gasteiger partial charge is 0.305 e. The molecule has 4 aromatic carbocycles. The minimum absolute atomic E-state index is 0.193. The molecule has 0 bridgehead atoms. The number of rotatable bonds is 10. The second kappa shape index (κ2) is 11.0. The van der Waals surface area contributed by atoms with Gasteiger partial charge in [-0.05, 0) is 70.2 Å². The van der Waals surface area contributed by atoms with E-state index >= 15 is 0 Å². The van der Waals surface area contributed by atoms with Gasteiger partial charge in [0.2, 0.25) is 0 Å². The SMILES string of the molecule is COC(=O)CCC1(CC2(CC3(CCC(=O)OC)c4ccccc4-c4ccccc43)COC2)c2ccccc2-c2ccccc21. The minimum atomic E-state index is -0.383. The highest BCUT2D eigenvalue weighted by molar-refractivity contribution is 5.83. The summed E-state index contributed by atoms with van der Waals surface area (Å²) in [7, 11) is 2.93. The number of ether oxygens (including phenoxy) is 3. The first-order valence-electron chi connectivity index (χ1n) is 15.6. The molecule has 3 aliphatic rings. The number of benzene rings is 4. The predicted molar refractivity (Wildman–Crippen MR) is 170 cm³/mol. The van der Waals surface area contributed by atoms with Crippen molar-refractivity contribution in [1.82, 2.24) is 0 Å². The molecule has 0 radical (unpaired) electrons. The number of carbonyl (C=O) groups is 2. The molecule has 224 valence electrons. The molecular weight excluding hydrogens is 548 g/mol. The van der Waals surface area contributed by atoms with Crippen LogP contribution in [0, 0.1) is 5.41 Å². The van der Waals surface area contributed by atoms with Gasteiger partial charge in [-0.15, -0.1) is 0 Å². The van der Waals surface area contributed by atoms with E-state index in [4.69, 9.17) is 14.2 Å². The third kappa shape index (κ3) is 4.40. The van der Waals surface area contributed by atoms with Crippen molar-refractivity contribution in [2.24, 2.45) is 5.41 Å². The number of hydrogen-bond donors (Lipinski definition) is 0. The zero-order chi connectivity index (χ0) is 30.4. The fourth-order valence-corrected chi connectivity index (χ4v) is 8.70. The summed E-state index contributed by atoms with van der Waals surface area (Å²) in [4.78, 5) is 25.3. The Kier molecular flexibility index (Phi) is 7.17.